The molecule has 0 spiro atoms. The third-order valence-electron chi connectivity index (χ3n) is 5.14. The molecule has 31 heavy (non-hydrogen) atoms. The molecule has 5 nitrogen and oxygen atoms in total. The van der Waals surface area contributed by atoms with Crippen molar-refractivity contribution in [1.29, 1.82) is 0 Å². The van der Waals surface area contributed by atoms with Crippen molar-refractivity contribution in [1.82, 2.24) is 4.72 Å². The summed E-state index contributed by atoms with van der Waals surface area (Å²) in [6, 6.07) is 24.5. The molecule has 1 saturated carbocycles. The molecule has 3 aromatic rings. The lowest BCUT2D eigenvalue weighted by Gasteiger charge is -2.20. The van der Waals surface area contributed by atoms with Crippen LogP contribution in [0.1, 0.15) is 29.6 Å². The topological polar surface area (TPSA) is 72.5 Å². The lowest BCUT2D eigenvalue weighted by Crippen LogP contribution is -2.39. The fourth-order valence-electron chi connectivity index (χ4n) is 3.56. The average molecular weight is 454 g/mol. The van der Waals surface area contributed by atoms with Gasteiger partial charge in [0.1, 0.15) is 11.5 Å². The number of hydrogen-bond acceptors (Lipinski definition) is 5. The van der Waals surface area contributed by atoms with Crippen LogP contribution < -0.4 is 9.46 Å². The van der Waals surface area contributed by atoms with E-state index in [1.807, 2.05) is 48.5 Å². The normalized spacial score (nSPS) is 18.6. The Bertz CT molecular complexity index is 1120. The summed E-state index contributed by atoms with van der Waals surface area (Å²) in [6.45, 7) is 0. The second-order valence-electron chi connectivity index (χ2n) is 7.35. The van der Waals surface area contributed by atoms with Crippen LogP contribution in [0.3, 0.4) is 0 Å². The Hall–Kier alpha value is -2.61. The third-order valence-corrected chi connectivity index (χ3v) is 7.96. The first-order chi connectivity index (χ1) is 15.0. The highest BCUT2D eigenvalue weighted by atomic mass is 32.2. The minimum Gasteiger partial charge on any atom is -0.457 e. The van der Waals surface area contributed by atoms with Gasteiger partial charge in [0.05, 0.1) is 4.90 Å². The van der Waals surface area contributed by atoms with E-state index in [1.54, 1.807) is 24.3 Å². The van der Waals surface area contributed by atoms with Gasteiger partial charge in [0, 0.05) is 16.9 Å². The van der Waals surface area contributed by atoms with E-state index in [-0.39, 0.29) is 21.3 Å². The minimum atomic E-state index is -3.70. The predicted octanol–water partition coefficient (Wildman–Crippen LogP) is 5.25. The molecule has 2 atom stereocenters. The standard InChI is InChI=1S/C24H23NO4S2/c26-24(18-8-3-1-4-9-18)30-23-13-7-12-22(23)25-31(27,28)21-16-14-20(15-17-21)29-19-10-5-2-6-11-19/h1-6,8-11,14-17,22-23,25H,7,12-13H2/t22-,23-/m0/s1. The third kappa shape index (κ3) is 5.55. The molecule has 0 saturated heterocycles. The smallest absolute Gasteiger partial charge is 0.240 e. The van der Waals surface area contributed by atoms with Crippen LogP contribution in [0.25, 0.3) is 0 Å². The maximum atomic E-state index is 12.9. The Kier molecular flexibility index (Phi) is 6.75. The lowest BCUT2D eigenvalue weighted by molar-refractivity contribution is 0.108. The molecule has 7 heteroatoms. The van der Waals surface area contributed by atoms with Crippen LogP contribution >= 0.6 is 11.8 Å². The number of para-hydroxylation sites is 1. The summed E-state index contributed by atoms with van der Waals surface area (Å²) in [5, 5.41) is -0.109. The first-order valence-electron chi connectivity index (χ1n) is 10.1. The SMILES string of the molecule is O=C(S[C@H]1CCC[C@@H]1NS(=O)(=O)c1ccc(Oc2ccccc2)cc1)c1ccccc1. The Labute approximate surface area is 186 Å². The molecule has 4 rings (SSSR count). The van der Waals surface area contributed by atoms with Gasteiger partial charge in [-0.2, -0.15) is 0 Å². The van der Waals surface area contributed by atoms with E-state index in [9.17, 15) is 13.2 Å². The van der Waals surface area contributed by atoms with Crippen LogP contribution in [0.15, 0.2) is 89.8 Å². The Balaban J connectivity index is 1.41. The van der Waals surface area contributed by atoms with Crippen molar-refractivity contribution < 1.29 is 17.9 Å². The van der Waals surface area contributed by atoms with Crippen molar-refractivity contribution in [3.8, 4) is 11.5 Å². The first kappa shape index (κ1) is 21.6. The highest BCUT2D eigenvalue weighted by molar-refractivity contribution is 8.14. The quantitative estimate of drug-likeness (QED) is 0.529. The van der Waals surface area contributed by atoms with E-state index < -0.39 is 10.0 Å². The maximum Gasteiger partial charge on any atom is 0.240 e. The molecule has 1 aliphatic rings. The van der Waals surface area contributed by atoms with Crippen LogP contribution in [0.5, 0.6) is 11.5 Å². The van der Waals surface area contributed by atoms with Crippen molar-refractivity contribution in [3.05, 3.63) is 90.5 Å². The number of hydrogen-bond donors (Lipinski definition) is 1. The summed E-state index contributed by atoms with van der Waals surface area (Å²) in [7, 11) is -3.70. The molecule has 0 bridgehead atoms. The van der Waals surface area contributed by atoms with Gasteiger partial charge in [-0.25, -0.2) is 13.1 Å². The van der Waals surface area contributed by atoms with Crippen molar-refractivity contribution in [2.24, 2.45) is 0 Å². The number of ether oxygens (including phenoxy) is 1. The predicted molar refractivity (Wildman–Crippen MR) is 123 cm³/mol. The molecule has 0 aromatic heterocycles. The van der Waals surface area contributed by atoms with E-state index >= 15 is 0 Å². The van der Waals surface area contributed by atoms with Crippen LogP contribution in [-0.4, -0.2) is 24.8 Å². The Morgan fingerprint density at radius 2 is 1.45 bits per heavy atom. The second kappa shape index (κ2) is 9.68. The fraction of sp³-hybridized carbons (Fsp3) is 0.208. The van der Waals surface area contributed by atoms with Gasteiger partial charge >= 0.3 is 0 Å². The molecular formula is C24H23NO4S2. The molecule has 0 radical (unpaired) electrons. The second-order valence-corrected chi connectivity index (χ2v) is 10.3. The zero-order valence-corrected chi connectivity index (χ0v) is 18.4. The molecule has 0 unspecified atom stereocenters. The molecule has 0 amide bonds. The highest BCUT2D eigenvalue weighted by Crippen LogP contribution is 2.33. The summed E-state index contributed by atoms with van der Waals surface area (Å²) < 4.78 is 34.4. The van der Waals surface area contributed by atoms with Gasteiger partial charge in [-0.3, -0.25) is 4.79 Å². The summed E-state index contributed by atoms with van der Waals surface area (Å²) in [6.07, 6.45) is 2.41. The molecule has 1 N–H and O–H groups in total. The van der Waals surface area contributed by atoms with Crippen LogP contribution in [-0.2, 0) is 10.0 Å². The zero-order valence-electron chi connectivity index (χ0n) is 16.8. The number of rotatable bonds is 7. The van der Waals surface area contributed by atoms with Crippen molar-refractivity contribution in [2.75, 3.05) is 0 Å². The van der Waals surface area contributed by atoms with Gasteiger partial charge in [0.15, 0.2) is 0 Å². The summed E-state index contributed by atoms with van der Waals surface area (Å²) in [5.74, 6) is 1.25. The minimum absolute atomic E-state index is 0.0286. The first-order valence-corrected chi connectivity index (χ1v) is 12.5. The van der Waals surface area contributed by atoms with Crippen molar-refractivity contribution in [2.45, 2.75) is 35.4 Å². The molecule has 1 aliphatic carbocycles. The number of carbonyl (C=O) groups is 1. The highest BCUT2D eigenvalue weighted by Gasteiger charge is 2.33. The Morgan fingerprint density at radius 3 is 2.13 bits per heavy atom. The molecular weight excluding hydrogens is 430 g/mol. The van der Waals surface area contributed by atoms with Gasteiger partial charge in [-0.1, -0.05) is 66.7 Å². The lowest BCUT2D eigenvalue weighted by atomic mass is 10.2. The van der Waals surface area contributed by atoms with Crippen molar-refractivity contribution in [3.63, 3.8) is 0 Å². The number of sulfonamides is 1. The summed E-state index contributed by atoms with van der Waals surface area (Å²) in [5.41, 5.74) is 0.634. The van der Waals surface area contributed by atoms with E-state index in [4.69, 9.17) is 4.74 Å². The molecule has 160 valence electrons. The van der Waals surface area contributed by atoms with Crippen molar-refractivity contribution >= 4 is 26.9 Å². The van der Waals surface area contributed by atoms with Gasteiger partial charge in [0.25, 0.3) is 0 Å². The number of nitrogens with one attached hydrogen (secondary N) is 1. The van der Waals surface area contributed by atoms with E-state index in [0.717, 1.165) is 12.8 Å². The van der Waals surface area contributed by atoms with Crippen LogP contribution in [0.4, 0.5) is 0 Å². The summed E-state index contributed by atoms with van der Waals surface area (Å²) in [4.78, 5) is 12.7. The molecule has 3 aromatic carbocycles. The number of benzene rings is 3. The number of thioether (sulfide) groups is 1. The maximum absolute atomic E-state index is 12.9. The molecule has 1 fully saturated rings. The average Bonchev–Trinajstić information content (AvgIpc) is 3.21. The molecule has 0 heterocycles. The fourth-order valence-corrected chi connectivity index (χ4v) is 6.16. The van der Waals surface area contributed by atoms with E-state index in [1.165, 1.54) is 23.9 Å². The van der Waals surface area contributed by atoms with E-state index in [0.29, 0.717) is 23.5 Å². The van der Waals surface area contributed by atoms with E-state index in [2.05, 4.69) is 4.72 Å². The Morgan fingerprint density at radius 1 is 0.839 bits per heavy atom. The largest absolute Gasteiger partial charge is 0.457 e. The van der Waals surface area contributed by atoms with Gasteiger partial charge < -0.3 is 4.74 Å². The zero-order chi connectivity index (χ0) is 21.7. The number of carbonyl (C=O) groups excluding carboxylic acids is 1. The summed E-state index contributed by atoms with van der Waals surface area (Å²) >= 11 is 1.22. The molecule has 0 aliphatic heterocycles. The van der Waals surface area contributed by atoms with Crippen LogP contribution in [0.2, 0.25) is 0 Å². The monoisotopic (exact) mass is 453 g/mol. The van der Waals surface area contributed by atoms with Gasteiger partial charge in [0.2, 0.25) is 15.1 Å². The van der Waals surface area contributed by atoms with Crippen LogP contribution in [0, 0.1) is 0 Å². The van der Waals surface area contributed by atoms with Gasteiger partial charge in [-0.15, -0.1) is 0 Å². The van der Waals surface area contributed by atoms with Gasteiger partial charge in [-0.05, 0) is 49.2 Å².